The average molecular weight is 221 g/mol. The number of carbonyl (C=O) groups excluding carboxylic acids is 1. The zero-order chi connectivity index (χ0) is 12.0. The van der Waals surface area contributed by atoms with E-state index in [1.165, 1.54) is 0 Å². The third-order valence-electron chi connectivity index (χ3n) is 2.37. The van der Waals surface area contributed by atoms with E-state index in [-0.39, 0.29) is 5.91 Å². The lowest BCUT2D eigenvalue weighted by Crippen LogP contribution is -2.26. The van der Waals surface area contributed by atoms with Crippen molar-refractivity contribution in [1.29, 1.82) is 0 Å². The van der Waals surface area contributed by atoms with Crippen LogP contribution in [0.1, 0.15) is 30.6 Å². The molecule has 0 saturated carbocycles. The highest BCUT2D eigenvalue weighted by Gasteiger charge is 2.10. The zero-order valence-corrected chi connectivity index (χ0v) is 10.2. The van der Waals surface area contributed by atoms with Crippen LogP contribution in [-0.2, 0) is 0 Å². The Morgan fingerprint density at radius 1 is 1.38 bits per heavy atom. The van der Waals surface area contributed by atoms with Gasteiger partial charge in [-0.1, -0.05) is 13.0 Å². The van der Waals surface area contributed by atoms with Crippen LogP contribution < -0.4 is 4.74 Å². The van der Waals surface area contributed by atoms with Gasteiger partial charge in [-0.05, 0) is 31.5 Å². The summed E-state index contributed by atoms with van der Waals surface area (Å²) in [5.74, 6) is 0.793. The zero-order valence-electron chi connectivity index (χ0n) is 10.2. The van der Waals surface area contributed by atoms with Crippen LogP contribution in [0.5, 0.6) is 5.75 Å². The SMILES string of the molecule is CCCOc1cccc(C(=O)N(C)CC)c1. The topological polar surface area (TPSA) is 29.5 Å². The number of rotatable bonds is 5. The number of hydrogen-bond acceptors (Lipinski definition) is 2. The van der Waals surface area contributed by atoms with Gasteiger partial charge in [-0.25, -0.2) is 0 Å². The molecule has 1 rings (SSSR count). The molecule has 0 aliphatic rings. The maximum absolute atomic E-state index is 11.9. The van der Waals surface area contributed by atoms with E-state index in [0.29, 0.717) is 18.7 Å². The Morgan fingerprint density at radius 3 is 2.75 bits per heavy atom. The molecule has 1 aromatic carbocycles. The molecule has 0 spiro atoms. The molecule has 0 saturated heterocycles. The molecule has 0 heterocycles. The lowest BCUT2D eigenvalue weighted by atomic mass is 10.2. The third-order valence-corrected chi connectivity index (χ3v) is 2.37. The molecule has 0 fully saturated rings. The van der Waals surface area contributed by atoms with E-state index < -0.39 is 0 Å². The molecule has 1 aromatic rings. The van der Waals surface area contributed by atoms with Crippen molar-refractivity contribution in [2.45, 2.75) is 20.3 Å². The summed E-state index contributed by atoms with van der Waals surface area (Å²) >= 11 is 0. The molecule has 0 aliphatic heterocycles. The van der Waals surface area contributed by atoms with Crippen LogP contribution in [0.3, 0.4) is 0 Å². The van der Waals surface area contributed by atoms with Crippen LogP contribution in [0.2, 0.25) is 0 Å². The highest BCUT2D eigenvalue weighted by atomic mass is 16.5. The number of benzene rings is 1. The first-order valence-electron chi connectivity index (χ1n) is 5.67. The summed E-state index contributed by atoms with van der Waals surface area (Å²) in [4.78, 5) is 13.6. The summed E-state index contributed by atoms with van der Waals surface area (Å²) < 4.78 is 5.49. The quantitative estimate of drug-likeness (QED) is 0.764. The van der Waals surface area contributed by atoms with Gasteiger partial charge in [-0.15, -0.1) is 0 Å². The Kier molecular flexibility index (Phi) is 4.83. The normalized spacial score (nSPS) is 9.94. The maximum atomic E-state index is 11.9. The molecule has 0 N–H and O–H groups in total. The Morgan fingerprint density at radius 2 is 2.12 bits per heavy atom. The molecule has 0 atom stereocenters. The standard InChI is InChI=1S/C13H19NO2/c1-4-9-16-12-8-6-7-11(10-12)13(15)14(3)5-2/h6-8,10H,4-5,9H2,1-3H3. The van der Waals surface area contributed by atoms with Crippen molar-refractivity contribution in [3.63, 3.8) is 0 Å². The van der Waals surface area contributed by atoms with E-state index in [4.69, 9.17) is 4.74 Å². The number of ether oxygens (including phenoxy) is 1. The van der Waals surface area contributed by atoms with Gasteiger partial charge < -0.3 is 9.64 Å². The average Bonchev–Trinajstić information content (AvgIpc) is 2.34. The summed E-state index contributed by atoms with van der Waals surface area (Å²) in [7, 11) is 1.79. The minimum atomic E-state index is 0.0319. The van der Waals surface area contributed by atoms with Gasteiger partial charge in [0.15, 0.2) is 0 Å². The van der Waals surface area contributed by atoms with E-state index in [1.54, 1.807) is 18.0 Å². The fourth-order valence-electron chi connectivity index (χ4n) is 1.30. The van der Waals surface area contributed by atoms with Crippen LogP contribution in [0, 0.1) is 0 Å². The van der Waals surface area contributed by atoms with Gasteiger partial charge in [-0.2, -0.15) is 0 Å². The van der Waals surface area contributed by atoms with Gasteiger partial charge >= 0.3 is 0 Å². The van der Waals surface area contributed by atoms with Crippen molar-refractivity contribution < 1.29 is 9.53 Å². The number of hydrogen-bond donors (Lipinski definition) is 0. The van der Waals surface area contributed by atoms with Gasteiger partial charge in [-0.3, -0.25) is 4.79 Å². The Balaban J connectivity index is 2.77. The van der Waals surface area contributed by atoms with Crippen LogP contribution in [0.4, 0.5) is 0 Å². The monoisotopic (exact) mass is 221 g/mol. The van der Waals surface area contributed by atoms with Crippen molar-refractivity contribution in [2.75, 3.05) is 20.2 Å². The molecule has 1 amide bonds. The molecule has 88 valence electrons. The molecule has 0 bridgehead atoms. The maximum Gasteiger partial charge on any atom is 0.253 e. The smallest absolute Gasteiger partial charge is 0.253 e. The van der Waals surface area contributed by atoms with Gasteiger partial charge in [0.1, 0.15) is 5.75 Å². The highest BCUT2D eigenvalue weighted by Crippen LogP contribution is 2.14. The molecular formula is C13H19NO2. The van der Waals surface area contributed by atoms with E-state index in [0.717, 1.165) is 12.2 Å². The van der Waals surface area contributed by atoms with Crippen LogP contribution in [0.15, 0.2) is 24.3 Å². The molecular weight excluding hydrogens is 202 g/mol. The molecule has 0 aromatic heterocycles. The second-order valence-corrected chi connectivity index (χ2v) is 3.70. The second-order valence-electron chi connectivity index (χ2n) is 3.70. The Labute approximate surface area is 97.0 Å². The van der Waals surface area contributed by atoms with E-state index in [1.807, 2.05) is 25.1 Å². The third kappa shape index (κ3) is 3.26. The molecule has 16 heavy (non-hydrogen) atoms. The number of nitrogens with zero attached hydrogens (tertiary/aromatic N) is 1. The Bertz CT molecular complexity index is 350. The van der Waals surface area contributed by atoms with E-state index in [9.17, 15) is 4.79 Å². The predicted octanol–water partition coefficient (Wildman–Crippen LogP) is 2.57. The molecule has 0 aliphatic carbocycles. The highest BCUT2D eigenvalue weighted by molar-refractivity contribution is 5.94. The summed E-state index contributed by atoms with van der Waals surface area (Å²) in [6, 6.07) is 7.33. The number of carbonyl (C=O) groups is 1. The summed E-state index contributed by atoms with van der Waals surface area (Å²) in [5, 5.41) is 0. The fourth-order valence-corrected chi connectivity index (χ4v) is 1.30. The minimum absolute atomic E-state index is 0.0319. The van der Waals surface area contributed by atoms with Crippen molar-refractivity contribution in [1.82, 2.24) is 4.90 Å². The first kappa shape index (κ1) is 12.6. The molecule has 3 heteroatoms. The molecule has 3 nitrogen and oxygen atoms in total. The van der Waals surface area contributed by atoms with Gasteiger partial charge in [0.25, 0.3) is 5.91 Å². The first-order chi connectivity index (χ1) is 7.69. The first-order valence-corrected chi connectivity index (χ1v) is 5.67. The van der Waals surface area contributed by atoms with Crippen LogP contribution >= 0.6 is 0 Å². The predicted molar refractivity (Wildman–Crippen MR) is 64.9 cm³/mol. The van der Waals surface area contributed by atoms with E-state index >= 15 is 0 Å². The fraction of sp³-hybridized carbons (Fsp3) is 0.462. The molecule has 0 unspecified atom stereocenters. The van der Waals surface area contributed by atoms with Crippen molar-refractivity contribution in [2.24, 2.45) is 0 Å². The summed E-state index contributed by atoms with van der Waals surface area (Å²) in [5.41, 5.74) is 0.679. The van der Waals surface area contributed by atoms with Crippen molar-refractivity contribution >= 4 is 5.91 Å². The Hall–Kier alpha value is -1.51. The molecule has 0 radical (unpaired) electrons. The van der Waals surface area contributed by atoms with Crippen molar-refractivity contribution in [3.8, 4) is 5.75 Å². The van der Waals surface area contributed by atoms with Gasteiger partial charge in [0.05, 0.1) is 6.61 Å². The largest absolute Gasteiger partial charge is 0.494 e. The summed E-state index contributed by atoms with van der Waals surface area (Å²) in [6.07, 6.45) is 0.965. The number of amides is 1. The van der Waals surface area contributed by atoms with Gasteiger partial charge in [0.2, 0.25) is 0 Å². The second kappa shape index (κ2) is 6.16. The lowest BCUT2D eigenvalue weighted by molar-refractivity contribution is 0.0802. The summed E-state index contributed by atoms with van der Waals surface area (Å²) in [6.45, 7) is 5.40. The van der Waals surface area contributed by atoms with Crippen LogP contribution in [-0.4, -0.2) is 31.0 Å². The van der Waals surface area contributed by atoms with Crippen molar-refractivity contribution in [3.05, 3.63) is 29.8 Å². The van der Waals surface area contributed by atoms with Crippen LogP contribution in [0.25, 0.3) is 0 Å². The minimum Gasteiger partial charge on any atom is -0.494 e. The van der Waals surface area contributed by atoms with Gasteiger partial charge in [0, 0.05) is 19.2 Å². The lowest BCUT2D eigenvalue weighted by Gasteiger charge is -2.15. The van der Waals surface area contributed by atoms with E-state index in [2.05, 4.69) is 6.92 Å².